The Morgan fingerprint density at radius 1 is 0.342 bits per heavy atom. The number of para-hydroxylation sites is 3. The Morgan fingerprint density at radius 3 is 1.66 bits per heavy atom. The largest absolute Gasteiger partial charge is 0.249 e. The van der Waals surface area contributed by atoms with Crippen molar-refractivity contribution in [1.82, 2.24) is 4.68 Å². The van der Waals surface area contributed by atoms with Gasteiger partial charge in [0.2, 0.25) is 0 Å². The van der Waals surface area contributed by atoms with E-state index in [1.807, 2.05) is 0 Å². The SMILES string of the molecule is c1ccc(N(c2ccccc2)n2c3ccccc3c3cc4ccc5c6ccccc6ccc5c4cc32)cc1. The van der Waals surface area contributed by atoms with Crippen LogP contribution in [-0.2, 0) is 0 Å². The Labute approximate surface area is 220 Å². The van der Waals surface area contributed by atoms with Crippen molar-refractivity contribution < 1.29 is 0 Å². The molecule has 0 unspecified atom stereocenters. The Hall–Kier alpha value is -5.08. The second-order valence-electron chi connectivity index (χ2n) is 9.85. The smallest absolute Gasteiger partial charge is 0.0722 e. The molecule has 0 N–H and O–H groups in total. The van der Waals surface area contributed by atoms with Crippen LogP contribution < -0.4 is 5.01 Å². The Bertz CT molecular complexity index is 2080. The van der Waals surface area contributed by atoms with E-state index in [0.717, 1.165) is 11.4 Å². The fraction of sp³-hybridized carbons (Fsp3) is 0. The van der Waals surface area contributed by atoms with Crippen molar-refractivity contribution in [1.29, 1.82) is 0 Å². The van der Waals surface area contributed by atoms with Crippen molar-refractivity contribution in [3.05, 3.63) is 146 Å². The normalized spacial score (nSPS) is 11.7. The lowest BCUT2D eigenvalue weighted by Gasteiger charge is -2.28. The van der Waals surface area contributed by atoms with Gasteiger partial charge in [-0.05, 0) is 74.8 Å². The van der Waals surface area contributed by atoms with E-state index < -0.39 is 0 Å². The van der Waals surface area contributed by atoms with E-state index in [1.165, 1.54) is 54.1 Å². The molecule has 2 heteroatoms. The molecule has 0 aliphatic heterocycles. The lowest BCUT2D eigenvalue weighted by molar-refractivity contribution is 0.887. The van der Waals surface area contributed by atoms with Gasteiger partial charge < -0.3 is 0 Å². The highest BCUT2D eigenvalue weighted by Gasteiger charge is 2.20. The average molecular weight is 485 g/mol. The van der Waals surface area contributed by atoms with Crippen molar-refractivity contribution in [2.75, 3.05) is 5.01 Å². The molecule has 1 heterocycles. The predicted octanol–water partition coefficient (Wildman–Crippen LogP) is 9.86. The molecule has 8 rings (SSSR count). The molecule has 0 atom stereocenters. The third-order valence-electron chi connectivity index (χ3n) is 7.71. The molecule has 0 bridgehead atoms. The highest BCUT2D eigenvalue weighted by molar-refractivity contribution is 6.21. The van der Waals surface area contributed by atoms with Gasteiger partial charge in [-0.2, -0.15) is 0 Å². The van der Waals surface area contributed by atoms with Crippen LogP contribution in [0.25, 0.3) is 54.1 Å². The number of rotatable bonds is 3. The van der Waals surface area contributed by atoms with E-state index in [2.05, 4.69) is 155 Å². The van der Waals surface area contributed by atoms with E-state index in [0.29, 0.717) is 0 Å². The summed E-state index contributed by atoms with van der Waals surface area (Å²) in [5.41, 5.74) is 4.60. The Balaban J connectivity index is 1.53. The molecule has 178 valence electrons. The molecule has 0 aliphatic rings. The van der Waals surface area contributed by atoms with Crippen LogP contribution in [0, 0.1) is 0 Å². The zero-order chi connectivity index (χ0) is 25.1. The van der Waals surface area contributed by atoms with Gasteiger partial charge in [-0.3, -0.25) is 0 Å². The second-order valence-corrected chi connectivity index (χ2v) is 9.85. The van der Waals surface area contributed by atoms with Gasteiger partial charge in [-0.15, -0.1) is 0 Å². The number of aromatic nitrogens is 1. The van der Waals surface area contributed by atoms with Gasteiger partial charge in [0.05, 0.1) is 22.4 Å². The minimum Gasteiger partial charge on any atom is -0.249 e. The topological polar surface area (TPSA) is 8.17 Å². The average Bonchev–Trinajstić information content (AvgIpc) is 3.30. The third-order valence-corrected chi connectivity index (χ3v) is 7.71. The molecule has 8 aromatic rings. The Kier molecular flexibility index (Phi) is 4.55. The number of anilines is 2. The first-order chi connectivity index (χ1) is 18.9. The van der Waals surface area contributed by atoms with Gasteiger partial charge >= 0.3 is 0 Å². The number of hydrogen-bond acceptors (Lipinski definition) is 1. The molecule has 0 amide bonds. The van der Waals surface area contributed by atoms with E-state index in [1.54, 1.807) is 0 Å². The highest BCUT2D eigenvalue weighted by atomic mass is 15.6. The molecule has 2 nitrogen and oxygen atoms in total. The molecule has 0 saturated heterocycles. The van der Waals surface area contributed by atoms with Crippen molar-refractivity contribution in [3.8, 4) is 0 Å². The molecule has 0 fully saturated rings. The summed E-state index contributed by atoms with van der Waals surface area (Å²) >= 11 is 0. The molecule has 0 spiro atoms. The summed E-state index contributed by atoms with van der Waals surface area (Å²) < 4.78 is 2.38. The lowest BCUT2D eigenvalue weighted by atomic mass is 9.96. The minimum absolute atomic E-state index is 1.12. The first kappa shape index (κ1) is 21.0. The van der Waals surface area contributed by atoms with E-state index in [4.69, 9.17) is 0 Å². The standard InChI is InChI=1S/C36H24N2/c1-3-12-27(13-4-1)37(28-14-5-2-6-15-28)38-35-18-10-9-17-32(35)34-23-26-20-22-30-29-16-8-7-11-25(29)19-21-31(30)33(26)24-36(34)38/h1-24H. The maximum absolute atomic E-state index is 2.39. The monoisotopic (exact) mass is 484 g/mol. The van der Waals surface area contributed by atoms with Crippen molar-refractivity contribution in [2.45, 2.75) is 0 Å². The zero-order valence-corrected chi connectivity index (χ0v) is 20.8. The van der Waals surface area contributed by atoms with Gasteiger partial charge in [0, 0.05) is 10.8 Å². The summed E-state index contributed by atoms with van der Waals surface area (Å²) in [6.07, 6.45) is 0. The van der Waals surface area contributed by atoms with E-state index in [-0.39, 0.29) is 0 Å². The minimum atomic E-state index is 1.12. The van der Waals surface area contributed by atoms with E-state index in [9.17, 15) is 0 Å². The Morgan fingerprint density at radius 2 is 0.921 bits per heavy atom. The summed E-state index contributed by atoms with van der Waals surface area (Å²) in [6.45, 7) is 0. The summed E-state index contributed by atoms with van der Waals surface area (Å²) in [4.78, 5) is 0. The first-order valence-corrected chi connectivity index (χ1v) is 13.0. The second kappa shape index (κ2) is 8.22. The molecule has 0 aliphatic carbocycles. The summed E-state index contributed by atoms with van der Waals surface area (Å²) in [6, 6.07) is 52.5. The van der Waals surface area contributed by atoms with Crippen LogP contribution in [0.3, 0.4) is 0 Å². The third kappa shape index (κ3) is 3.07. The fourth-order valence-electron chi connectivity index (χ4n) is 6.00. The maximum Gasteiger partial charge on any atom is 0.0722 e. The predicted molar refractivity (Wildman–Crippen MR) is 162 cm³/mol. The number of nitrogens with zero attached hydrogens (tertiary/aromatic N) is 2. The van der Waals surface area contributed by atoms with Crippen molar-refractivity contribution in [2.24, 2.45) is 0 Å². The van der Waals surface area contributed by atoms with Gasteiger partial charge in [0.15, 0.2) is 0 Å². The molecule has 0 radical (unpaired) electrons. The number of hydrogen-bond donors (Lipinski definition) is 0. The van der Waals surface area contributed by atoms with Crippen LogP contribution in [0.1, 0.15) is 0 Å². The van der Waals surface area contributed by atoms with Gasteiger partial charge in [0.1, 0.15) is 0 Å². The van der Waals surface area contributed by atoms with Crippen molar-refractivity contribution in [3.63, 3.8) is 0 Å². The lowest BCUT2D eigenvalue weighted by Crippen LogP contribution is -2.23. The van der Waals surface area contributed by atoms with Gasteiger partial charge in [-0.1, -0.05) is 103 Å². The van der Waals surface area contributed by atoms with Crippen LogP contribution >= 0.6 is 0 Å². The number of benzene rings is 7. The number of fused-ring (bicyclic) bond motifs is 8. The van der Waals surface area contributed by atoms with Crippen LogP contribution in [0.5, 0.6) is 0 Å². The molecule has 38 heavy (non-hydrogen) atoms. The summed E-state index contributed by atoms with van der Waals surface area (Å²) in [7, 11) is 0. The van der Waals surface area contributed by atoms with Crippen LogP contribution in [0.2, 0.25) is 0 Å². The first-order valence-electron chi connectivity index (χ1n) is 13.0. The van der Waals surface area contributed by atoms with E-state index >= 15 is 0 Å². The molecule has 0 saturated carbocycles. The summed E-state index contributed by atoms with van der Waals surface area (Å²) in [5.74, 6) is 0. The maximum atomic E-state index is 2.39. The van der Waals surface area contributed by atoms with Crippen LogP contribution in [0.15, 0.2) is 146 Å². The fourth-order valence-corrected chi connectivity index (χ4v) is 6.00. The molecule has 1 aromatic heterocycles. The van der Waals surface area contributed by atoms with Crippen LogP contribution in [-0.4, -0.2) is 4.68 Å². The van der Waals surface area contributed by atoms with Crippen LogP contribution in [0.4, 0.5) is 11.4 Å². The summed E-state index contributed by atoms with van der Waals surface area (Å²) in [5, 5.41) is 12.5. The van der Waals surface area contributed by atoms with Crippen molar-refractivity contribution >= 4 is 65.5 Å². The quantitative estimate of drug-likeness (QED) is 0.227. The highest BCUT2D eigenvalue weighted by Crippen LogP contribution is 2.39. The van der Waals surface area contributed by atoms with Gasteiger partial charge in [0.25, 0.3) is 0 Å². The molecular formula is C36H24N2. The van der Waals surface area contributed by atoms with Gasteiger partial charge in [-0.25, -0.2) is 9.69 Å². The molecule has 7 aromatic carbocycles. The zero-order valence-electron chi connectivity index (χ0n) is 20.8. The molecular weight excluding hydrogens is 460 g/mol.